The van der Waals surface area contributed by atoms with Gasteiger partial charge in [0.2, 0.25) is 5.88 Å². The lowest BCUT2D eigenvalue weighted by Crippen LogP contribution is -2.41. The molecule has 4 aromatic rings. The molecule has 0 spiro atoms. The van der Waals surface area contributed by atoms with Gasteiger partial charge in [0.15, 0.2) is 5.65 Å². The molecule has 1 saturated carbocycles. The fraction of sp³-hybridized carbons (Fsp3) is 0.333. The number of pyridine rings is 2. The van der Waals surface area contributed by atoms with Gasteiger partial charge in [-0.15, -0.1) is 0 Å². The summed E-state index contributed by atoms with van der Waals surface area (Å²) in [6, 6.07) is 14.2. The van der Waals surface area contributed by atoms with Crippen LogP contribution in [0.2, 0.25) is 15.1 Å². The molecule has 2 unspecified atom stereocenters. The van der Waals surface area contributed by atoms with Crippen molar-refractivity contribution < 1.29 is 9.13 Å². The van der Waals surface area contributed by atoms with Crippen molar-refractivity contribution in [1.82, 2.24) is 14.5 Å². The van der Waals surface area contributed by atoms with Gasteiger partial charge in [0.1, 0.15) is 5.82 Å². The Morgan fingerprint density at radius 1 is 0.949 bits per heavy atom. The van der Waals surface area contributed by atoms with E-state index in [9.17, 15) is 9.18 Å². The molecule has 2 fully saturated rings. The number of hydrogen-bond acceptors (Lipinski definition) is 4. The minimum absolute atomic E-state index is 0.158. The fourth-order valence-electron chi connectivity index (χ4n) is 5.74. The molecule has 1 saturated heterocycles. The summed E-state index contributed by atoms with van der Waals surface area (Å²) in [6.07, 6.45) is 0. The first-order valence-electron chi connectivity index (χ1n) is 12.9. The molecule has 5 nitrogen and oxygen atoms in total. The van der Waals surface area contributed by atoms with E-state index in [0.29, 0.717) is 68.1 Å². The Morgan fingerprint density at radius 3 is 2.28 bits per heavy atom. The number of hydrogen-bond donors (Lipinski definition) is 0. The van der Waals surface area contributed by atoms with Crippen LogP contribution < -0.4 is 10.3 Å². The largest absolute Gasteiger partial charge is 0.477 e. The number of benzene rings is 2. The molecule has 202 valence electrons. The average molecular weight is 587 g/mol. The molecule has 1 aliphatic heterocycles. The molecule has 2 aromatic carbocycles. The van der Waals surface area contributed by atoms with E-state index in [2.05, 4.69) is 25.7 Å². The zero-order chi connectivity index (χ0) is 27.6. The lowest BCUT2D eigenvalue weighted by Gasteiger charge is -2.33. The van der Waals surface area contributed by atoms with Crippen LogP contribution in [0.25, 0.3) is 27.8 Å². The van der Waals surface area contributed by atoms with E-state index in [1.54, 1.807) is 36.4 Å². The second-order valence-electron chi connectivity index (χ2n) is 11.3. The van der Waals surface area contributed by atoms with Gasteiger partial charge in [-0.25, -0.2) is 4.39 Å². The third-order valence-corrected chi connectivity index (χ3v) is 8.89. The van der Waals surface area contributed by atoms with Crippen molar-refractivity contribution in [1.29, 1.82) is 0 Å². The first-order valence-corrected chi connectivity index (χ1v) is 14.0. The van der Waals surface area contributed by atoms with Crippen molar-refractivity contribution in [3.05, 3.63) is 85.8 Å². The van der Waals surface area contributed by atoms with Gasteiger partial charge in [0.25, 0.3) is 5.56 Å². The molecule has 39 heavy (non-hydrogen) atoms. The third kappa shape index (κ3) is 4.82. The SMILES string of the molecule is CC(C)(C)N1CC2C(COc3cc(-c4ccc(F)cc4Cl)c4ccc(=O)n(-c5c(Cl)cccc5Cl)c4n3)C2C1. The van der Waals surface area contributed by atoms with E-state index in [0.717, 1.165) is 13.1 Å². The summed E-state index contributed by atoms with van der Waals surface area (Å²) >= 11 is 19.5. The molecule has 0 N–H and O–H groups in total. The lowest BCUT2D eigenvalue weighted by molar-refractivity contribution is 0.137. The molecule has 1 aliphatic carbocycles. The Bertz CT molecular complexity index is 1630. The molecular formula is C30H27Cl3FN3O2. The van der Waals surface area contributed by atoms with E-state index in [1.165, 1.54) is 22.8 Å². The van der Waals surface area contributed by atoms with E-state index >= 15 is 0 Å². The number of rotatable bonds is 5. The highest BCUT2D eigenvalue weighted by Crippen LogP contribution is 2.53. The minimum Gasteiger partial charge on any atom is -0.477 e. The molecule has 2 aliphatic rings. The van der Waals surface area contributed by atoms with Gasteiger partial charge in [0.05, 0.1) is 27.4 Å². The predicted octanol–water partition coefficient (Wildman–Crippen LogP) is 7.51. The number of fused-ring (bicyclic) bond motifs is 2. The normalized spacial score (nSPS) is 20.8. The molecule has 0 radical (unpaired) electrons. The van der Waals surface area contributed by atoms with Gasteiger partial charge in [-0.05, 0) is 74.6 Å². The summed E-state index contributed by atoms with van der Waals surface area (Å²) in [5.41, 5.74) is 1.71. The maximum atomic E-state index is 13.9. The summed E-state index contributed by atoms with van der Waals surface area (Å²) < 4.78 is 21.6. The maximum Gasteiger partial charge on any atom is 0.256 e. The topological polar surface area (TPSA) is 47.4 Å². The Labute approximate surface area is 241 Å². The van der Waals surface area contributed by atoms with Gasteiger partial charge >= 0.3 is 0 Å². The van der Waals surface area contributed by atoms with Crippen LogP contribution in [0.3, 0.4) is 0 Å². The molecule has 0 bridgehead atoms. The smallest absolute Gasteiger partial charge is 0.256 e. The Balaban J connectivity index is 1.44. The van der Waals surface area contributed by atoms with Gasteiger partial charge in [0, 0.05) is 47.6 Å². The van der Waals surface area contributed by atoms with E-state index in [-0.39, 0.29) is 16.1 Å². The summed E-state index contributed by atoms with van der Waals surface area (Å²) in [4.78, 5) is 20.5. The van der Waals surface area contributed by atoms with Gasteiger partial charge in [-0.3, -0.25) is 14.3 Å². The summed E-state index contributed by atoms with van der Waals surface area (Å²) in [5.74, 6) is 1.57. The van der Waals surface area contributed by atoms with E-state index in [1.807, 2.05) is 0 Å². The second kappa shape index (κ2) is 9.77. The molecule has 2 atom stereocenters. The van der Waals surface area contributed by atoms with Crippen molar-refractivity contribution in [3.63, 3.8) is 0 Å². The number of ether oxygens (including phenoxy) is 1. The zero-order valence-electron chi connectivity index (χ0n) is 21.7. The molecule has 3 heterocycles. The number of nitrogens with zero attached hydrogens (tertiary/aromatic N) is 3. The Hall–Kier alpha value is -2.64. The highest BCUT2D eigenvalue weighted by atomic mass is 35.5. The molecule has 9 heteroatoms. The molecular weight excluding hydrogens is 560 g/mol. The summed E-state index contributed by atoms with van der Waals surface area (Å²) in [7, 11) is 0. The van der Waals surface area contributed by atoms with Crippen LogP contribution in [0.5, 0.6) is 5.88 Å². The van der Waals surface area contributed by atoms with Crippen molar-refractivity contribution >= 4 is 45.8 Å². The monoisotopic (exact) mass is 585 g/mol. The van der Waals surface area contributed by atoms with Crippen LogP contribution in [-0.4, -0.2) is 39.7 Å². The van der Waals surface area contributed by atoms with Crippen molar-refractivity contribution in [2.75, 3.05) is 19.7 Å². The Morgan fingerprint density at radius 2 is 1.64 bits per heavy atom. The van der Waals surface area contributed by atoms with Crippen LogP contribution >= 0.6 is 34.8 Å². The van der Waals surface area contributed by atoms with Crippen molar-refractivity contribution in [3.8, 4) is 22.7 Å². The van der Waals surface area contributed by atoms with E-state index in [4.69, 9.17) is 44.5 Å². The van der Waals surface area contributed by atoms with Crippen LogP contribution in [-0.2, 0) is 0 Å². The van der Waals surface area contributed by atoms with E-state index < -0.39 is 5.82 Å². The van der Waals surface area contributed by atoms with Gasteiger partial charge in [-0.2, -0.15) is 4.98 Å². The summed E-state index contributed by atoms with van der Waals surface area (Å²) in [6.45, 7) is 9.38. The minimum atomic E-state index is -0.442. The lowest BCUT2D eigenvalue weighted by atomic mass is 10.0. The molecule has 6 rings (SSSR count). The molecule has 0 amide bonds. The Kier molecular flexibility index (Phi) is 6.66. The standard InChI is InChI=1S/C30H27Cl3FN3O2/c1-30(2,3)36-13-20-21(14-36)22(20)15-39-26-12-19(17-8-7-16(34)11-25(17)33)18-9-10-27(38)37(29(18)35-26)28-23(31)5-4-6-24(28)32/h4-12,20-22H,13-15H2,1-3H3. The highest BCUT2D eigenvalue weighted by Gasteiger charge is 2.57. The van der Waals surface area contributed by atoms with Crippen LogP contribution in [0.15, 0.2) is 59.4 Å². The maximum absolute atomic E-state index is 13.9. The first kappa shape index (κ1) is 26.6. The predicted molar refractivity (Wildman–Crippen MR) is 155 cm³/mol. The molecule has 2 aromatic heterocycles. The van der Waals surface area contributed by atoms with Crippen LogP contribution in [0.1, 0.15) is 20.8 Å². The summed E-state index contributed by atoms with van der Waals surface area (Å²) in [5, 5.41) is 1.47. The second-order valence-corrected chi connectivity index (χ2v) is 12.5. The zero-order valence-corrected chi connectivity index (χ0v) is 24.0. The van der Waals surface area contributed by atoms with Crippen molar-refractivity contribution in [2.24, 2.45) is 17.8 Å². The number of halogens is 4. The average Bonchev–Trinajstić information content (AvgIpc) is 3.30. The van der Waals surface area contributed by atoms with Crippen LogP contribution in [0.4, 0.5) is 4.39 Å². The quantitative estimate of drug-likeness (QED) is 0.243. The van der Waals surface area contributed by atoms with Gasteiger partial charge in [-0.1, -0.05) is 40.9 Å². The highest BCUT2D eigenvalue weighted by molar-refractivity contribution is 6.38. The number of aromatic nitrogens is 2. The van der Waals surface area contributed by atoms with Gasteiger partial charge < -0.3 is 4.74 Å². The fourth-order valence-corrected chi connectivity index (χ4v) is 6.57. The number of para-hydroxylation sites is 1. The van der Waals surface area contributed by atoms with Crippen LogP contribution in [0, 0.1) is 23.6 Å². The third-order valence-electron chi connectivity index (χ3n) is 7.97. The number of likely N-dealkylation sites (tertiary alicyclic amines) is 1. The number of piperidine rings is 1. The van der Waals surface area contributed by atoms with Crippen molar-refractivity contribution in [2.45, 2.75) is 26.3 Å². The first-order chi connectivity index (χ1) is 18.5.